The molecule has 0 unspecified atom stereocenters. The number of nitrogens with zero attached hydrogens (tertiary/aromatic N) is 2. The molecular formula is C16H12N2O4S. The zero-order valence-corrected chi connectivity index (χ0v) is 12.6. The number of hydrogen-bond acceptors (Lipinski definition) is 5. The largest absolute Gasteiger partial charge is 0.457 e. The van der Waals surface area contributed by atoms with Gasteiger partial charge in [0.2, 0.25) is 0 Å². The monoisotopic (exact) mass is 328 g/mol. The van der Waals surface area contributed by atoms with Crippen molar-refractivity contribution in [3.8, 4) is 22.9 Å². The third-order valence-corrected chi connectivity index (χ3v) is 3.90. The van der Waals surface area contributed by atoms with Gasteiger partial charge in [-0.2, -0.15) is 8.42 Å². The summed E-state index contributed by atoms with van der Waals surface area (Å²) >= 11 is 0. The van der Waals surface area contributed by atoms with E-state index < -0.39 is 10.1 Å². The molecule has 3 rings (SSSR count). The predicted molar refractivity (Wildman–Crippen MR) is 83.8 cm³/mol. The van der Waals surface area contributed by atoms with E-state index in [0.717, 1.165) is 5.56 Å². The van der Waals surface area contributed by atoms with Crippen molar-refractivity contribution in [2.45, 2.75) is 4.90 Å². The lowest BCUT2D eigenvalue weighted by atomic mass is 10.2. The first kappa shape index (κ1) is 15.1. The molecule has 0 spiro atoms. The van der Waals surface area contributed by atoms with Crippen molar-refractivity contribution in [2.75, 3.05) is 0 Å². The van der Waals surface area contributed by atoms with E-state index in [9.17, 15) is 8.42 Å². The molecule has 1 N–H and O–H groups in total. The quantitative estimate of drug-likeness (QED) is 0.740. The van der Waals surface area contributed by atoms with E-state index in [0.29, 0.717) is 17.3 Å². The molecule has 116 valence electrons. The maximum Gasteiger partial charge on any atom is 0.294 e. The Kier molecular flexibility index (Phi) is 4.05. The number of hydrogen-bond donors (Lipinski definition) is 1. The summed E-state index contributed by atoms with van der Waals surface area (Å²) in [6, 6.07) is 14.4. The minimum Gasteiger partial charge on any atom is -0.457 e. The molecule has 1 aromatic heterocycles. The van der Waals surface area contributed by atoms with Gasteiger partial charge in [0.05, 0.1) is 4.90 Å². The van der Waals surface area contributed by atoms with Crippen molar-refractivity contribution in [2.24, 2.45) is 0 Å². The Morgan fingerprint density at radius 2 is 1.35 bits per heavy atom. The summed E-state index contributed by atoms with van der Waals surface area (Å²) < 4.78 is 36.5. The van der Waals surface area contributed by atoms with Crippen LogP contribution in [0.2, 0.25) is 0 Å². The molecule has 2 aromatic carbocycles. The van der Waals surface area contributed by atoms with Gasteiger partial charge in [-0.15, -0.1) is 0 Å². The molecule has 23 heavy (non-hydrogen) atoms. The summed E-state index contributed by atoms with van der Waals surface area (Å²) in [5, 5.41) is 0. The topological polar surface area (TPSA) is 89.4 Å². The maximum absolute atomic E-state index is 11.0. The van der Waals surface area contributed by atoms with Crippen LogP contribution in [0.25, 0.3) is 11.4 Å². The number of rotatable bonds is 4. The molecule has 0 bridgehead atoms. The Labute approximate surface area is 133 Å². The van der Waals surface area contributed by atoms with E-state index in [1.807, 2.05) is 12.1 Å². The first-order chi connectivity index (χ1) is 11.0. The van der Waals surface area contributed by atoms with Crippen molar-refractivity contribution in [3.05, 3.63) is 67.0 Å². The summed E-state index contributed by atoms with van der Waals surface area (Å²) in [5.41, 5.74) is 0.861. The molecule has 0 aliphatic rings. The van der Waals surface area contributed by atoms with Crippen LogP contribution in [0.5, 0.6) is 11.5 Å². The minimum absolute atomic E-state index is 0.179. The summed E-state index contributed by atoms with van der Waals surface area (Å²) in [6.45, 7) is 0. The summed E-state index contributed by atoms with van der Waals surface area (Å²) in [6.07, 6.45) is 3.34. The zero-order chi connectivity index (χ0) is 16.3. The van der Waals surface area contributed by atoms with Crippen molar-refractivity contribution >= 4 is 10.1 Å². The van der Waals surface area contributed by atoms with Gasteiger partial charge in [-0.3, -0.25) is 4.55 Å². The molecule has 0 saturated carbocycles. The average molecular weight is 328 g/mol. The van der Waals surface area contributed by atoms with Crippen molar-refractivity contribution in [3.63, 3.8) is 0 Å². The van der Waals surface area contributed by atoms with E-state index in [-0.39, 0.29) is 4.90 Å². The molecule has 0 aliphatic heterocycles. The fourth-order valence-electron chi connectivity index (χ4n) is 1.94. The lowest BCUT2D eigenvalue weighted by Gasteiger charge is -2.07. The molecule has 0 atom stereocenters. The Bertz CT molecular complexity index is 893. The van der Waals surface area contributed by atoms with Crippen LogP contribution in [0.15, 0.2) is 71.9 Å². The van der Waals surface area contributed by atoms with Crippen LogP contribution in [-0.4, -0.2) is 22.9 Å². The Morgan fingerprint density at radius 1 is 0.826 bits per heavy atom. The number of ether oxygens (including phenoxy) is 1. The first-order valence-electron chi connectivity index (χ1n) is 6.65. The Hall–Kier alpha value is -2.77. The van der Waals surface area contributed by atoms with Gasteiger partial charge in [0.15, 0.2) is 5.82 Å². The lowest BCUT2D eigenvalue weighted by Crippen LogP contribution is -1.97. The predicted octanol–water partition coefficient (Wildman–Crippen LogP) is 3.18. The molecule has 1 heterocycles. The molecule has 0 aliphatic carbocycles. The third-order valence-electron chi connectivity index (χ3n) is 3.04. The Morgan fingerprint density at radius 3 is 1.87 bits per heavy atom. The van der Waals surface area contributed by atoms with Crippen LogP contribution in [0.4, 0.5) is 0 Å². The third kappa shape index (κ3) is 3.71. The maximum atomic E-state index is 11.0. The standard InChI is InChI=1S/C16H12N2O4S/c19-23(20,21)15-8-6-14(7-9-15)22-13-4-2-12(3-5-13)16-17-10-1-11-18-16/h1-11H,(H,19,20,21). The smallest absolute Gasteiger partial charge is 0.294 e. The van der Waals surface area contributed by atoms with Gasteiger partial charge in [0.25, 0.3) is 10.1 Å². The Balaban J connectivity index is 1.76. The van der Waals surface area contributed by atoms with E-state index in [2.05, 4.69) is 9.97 Å². The van der Waals surface area contributed by atoms with E-state index in [1.165, 1.54) is 24.3 Å². The molecular weight excluding hydrogens is 316 g/mol. The van der Waals surface area contributed by atoms with Crippen LogP contribution in [0, 0.1) is 0 Å². The van der Waals surface area contributed by atoms with Crippen molar-refractivity contribution < 1.29 is 17.7 Å². The van der Waals surface area contributed by atoms with E-state index in [4.69, 9.17) is 9.29 Å². The van der Waals surface area contributed by atoms with Crippen molar-refractivity contribution in [1.82, 2.24) is 9.97 Å². The highest BCUT2D eigenvalue weighted by Crippen LogP contribution is 2.25. The zero-order valence-electron chi connectivity index (χ0n) is 11.8. The van der Waals surface area contributed by atoms with Gasteiger partial charge in [0.1, 0.15) is 11.5 Å². The second-order valence-corrected chi connectivity index (χ2v) is 6.07. The minimum atomic E-state index is -4.20. The number of benzene rings is 2. The lowest BCUT2D eigenvalue weighted by molar-refractivity contribution is 0.478. The fourth-order valence-corrected chi connectivity index (χ4v) is 2.42. The highest BCUT2D eigenvalue weighted by atomic mass is 32.2. The first-order valence-corrected chi connectivity index (χ1v) is 8.09. The molecule has 7 heteroatoms. The van der Waals surface area contributed by atoms with Gasteiger partial charge >= 0.3 is 0 Å². The van der Waals surface area contributed by atoms with E-state index >= 15 is 0 Å². The normalized spacial score (nSPS) is 11.2. The molecule has 0 radical (unpaired) electrons. The van der Waals surface area contributed by atoms with Gasteiger partial charge in [-0.05, 0) is 54.6 Å². The van der Waals surface area contributed by atoms with Gasteiger partial charge in [0, 0.05) is 18.0 Å². The SMILES string of the molecule is O=S(=O)(O)c1ccc(Oc2ccc(-c3ncccn3)cc2)cc1. The highest BCUT2D eigenvalue weighted by Gasteiger charge is 2.09. The van der Waals surface area contributed by atoms with Gasteiger partial charge in [-0.25, -0.2) is 9.97 Å². The molecule has 6 nitrogen and oxygen atoms in total. The average Bonchev–Trinajstić information content (AvgIpc) is 2.56. The highest BCUT2D eigenvalue weighted by molar-refractivity contribution is 7.85. The summed E-state index contributed by atoms with van der Waals surface area (Å²) in [5.74, 6) is 1.67. The van der Waals surface area contributed by atoms with E-state index in [1.54, 1.807) is 30.6 Å². The van der Waals surface area contributed by atoms with Gasteiger partial charge < -0.3 is 4.74 Å². The van der Waals surface area contributed by atoms with Crippen LogP contribution in [0.1, 0.15) is 0 Å². The molecule has 3 aromatic rings. The summed E-state index contributed by atoms with van der Waals surface area (Å²) in [7, 11) is -4.20. The van der Waals surface area contributed by atoms with Crippen LogP contribution in [0.3, 0.4) is 0 Å². The molecule has 0 fully saturated rings. The van der Waals surface area contributed by atoms with Crippen LogP contribution < -0.4 is 4.74 Å². The fraction of sp³-hybridized carbons (Fsp3) is 0. The molecule has 0 saturated heterocycles. The second-order valence-electron chi connectivity index (χ2n) is 4.65. The van der Waals surface area contributed by atoms with Crippen LogP contribution in [-0.2, 0) is 10.1 Å². The van der Waals surface area contributed by atoms with Crippen molar-refractivity contribution in [1.29, 1.82) is 0 Å². The van der Waals surface area contributed by atoms with Gasteiger partial charge in [-0.1, -0.05) is 0 Å². The number of aromatic nitrogens is 2. The molecule has 0 amide bonds. The van der Waals surface area contributed by atoms with Crippen LogP contribution >= 0.6 is 0 Å². The second kappa shape index (κ2) is 6.15. The summed E-state index contributed by atoms with van der Waals surface area (Å²) in [4.78, 5) is 8.15.